The van der Waals surface area contributed by atoms with Crippen molar-refractivity contribution in [2.24, 2.45) is 0 Å². The monoisotopic (exact) mass is 278 g/mol. The topological polar surface area (TPSA) is 99.4 Å². The number of aliphatic carboxylic acids is 1. The lowest BCUT2D eigenvalue weighted by Gasteiger charge is -2.05. The number of hydrogen-bond donors (Lipinski definition) is 1. The van der Waals surface area contributed by atoms with Crippen molar-refractivity contribution in [3.63, 3.8) is 0 Å². The summed E-state index contributed by atoms with van der Waals surface area (Å²) < 4.78 is 10.3. The number of carboxylic acids is 1. The minimum atomic E-state index is -0.910. The van der Waals surface area contributed by atoms with Gasteiger partial charge in [-0.15, -0.1) is 10.2 Å². The van der Waals surface area contributed by atoms with Gasteiger partial charge in [0.15, 0.2) is 0 Å². The van der Waals surface area contributed by atoms with Crippen LogP contribution < -0.4 is 9.47 Å². The fraction of sp³-hybridized carbons (Fsp3) is 0.333. The van der Waals surface area contributed by atoms with Gasteiger partial charge in [-0.2, -0.15) is 4.80 Å². The largest absolute Gasteiger partial charge is 0.497 e. The number of aromatic nitrogens is 4. The Bertz CT molecular complexity index is 589. The van der Waals surface area contributed by atoms with Crippen LogP contribution in [0.3, 0.4) is 0 Å². The van der Waals surface area contributed by atoms with E-state index in [2.05, 4.69) is 15.4 Å². The summed E-state index contributed by atoms with van der Waals surface area (Å²) in [6.07, 6.45) is -0.0583. The third-order valence-corrected chi connectivity index (χ3v) is 2.59. The van der Waals surface area contributed by atoms with Gasteiger partial charge in [-0.3, -0.25) is 4.79 Å². The minimum Gasteiger partial charge on any atom is -0.497 e. The van der Waals surface area contributed by atoms with Gasteiger partial charge in [-0.1, -0.05) is 0 Å². The van der Waals surface area contributed by atoms with Crippen LogP contribution in [-0.4, -0.2) is 45.5 Å². The maximum atomic E-state index is 10.5. The Morgan fingerprint density at radius 2 is 1.90 bits per heavy atom. The van der Waals surface area contributed by atoms with Gasteiger partial charge in [0.05, 0.1) is 27.2 Å². The highest BCUT2D eigenvalue weighted by atomic mass is 16.5. The number of aryl methyl sites for hydroxylation is 1. The van der Waals surface area contributed by atoms with Crippen molar-refractivity contribution < 1.29 is 19.4 Å². The number of benzene rings is 1. The average Bonchev–Trinajstić information content (AvgIpc) is 2.93. The van der Waals surface area contributed by atoms with Crippen LogP contribution in [0.4, 0.5) is 0 Å². The second-order valence-electron chi connectivity index (χ2n) is 3.95. The minimum absolute atomic E-state index is 0.0583. The first-order chi connectivity index (χ1) is 9.62. The Morgan fingerprint density at radius 1 is 1.25 bits per heavy atom. The molecular weight excluding hydrogens is 264 g/mol. The van der Waals surface area contributed by atoms with E-state index >= 15 is 0 Å². The number of tetrazole rings is 1. The number of hydrogen-bond acceptors (Lipinski definition) is 6. The Morgan fingerprint density at radius 3 is 2.45 bits per heavy atom. The van der Waals surface area contributed by atoms with Crippen LogP contribution in [0, 0.1) is 0 Å². The molecule has 1 aromatic heterocycles. The molecule has 1 N–H and O–H groups in total. The van der Waals surface area contributed by atoms with E-state index in [0.717, 1.165) is 0 Å². The molecule has 2 aromatic rings. The van der Waals surface area contributed by atoms with Gasteiger partial charge in [-0.25, -0.2) is 0 Å². The molecule has 0 saturated heterocycles. The zero-order valence-corrected chi connectivity index (χ0v) is 11.1. The number of nitrogens with zero attached hydrogens (tertiary/aromatic N) is 4. The molecule has 0 aliphatic rings. The summed E-state index contributed by atoms with van der Waals surface area (Å²) in [6, 6.07) is 5.24. The van der Waals surface area contributed by atoms with Gasteiger partial charge >= 0.3 is 5.97 Å². The van der Waals surface area contributed by atoms with Crippen molar-refractivity contribution in [1.29, 1.82) is 0 Å². The lowest BCUT2D eigenvalue weighted by Crippen LogP contribution is -2.07. The summed E-state index contributed by atoms with van der Waals surface area (Å²) in [5, 5.41) is 20.4. The quantitative estimate of drug-likeness (QED) is 0.835. The number of carboxylic acid groups (broad SMARTS) is 1. The van der Waals surface area contributed by atoms with Crippen molar-refractivity contribution in [2.45, 2.75) is 13.0 Å². The average molecular weight is 278 g/mol. The second-order valence-corrected chi connectivity index (χ2v) is 3.95. The van der Waals surface area contributed by atoms with Crippen molar-refractivity contribution in [3.05, 3.63) is 18.2 Å². The van der Waals surface area contributed by atoms with Crippen LogP contribution in [0.5, 0.6) is 11.5 Å². The number of rotatable bonds is 6. The predicted octanol–water partition coefficient (Wildman–Crippen LogP) is 0.832. The molecule has 8 heteroatoms. The molecule has 0 aliphatic heterocycles. The molecule has 0 spiro atoms. The van der Waals surface area contributed by atoms with Crippen molar-refractivity contribution in [1.82, 2.24) is 20.2 Å². The van der Waals surface area contributed by atoms with Crippen LogP contribution in [0.25, 0.3) is 11.4 Å². The van der Waals surface area contributed by atoms with E-state index in [9.17, 15) is 4.79 Å². The van der Waals surface area contributed by atoms with Gasteiger partial charge in [0.1, 0.15) is 11.5 Å². The van der Waals surface area contributed by atoms with Crippen molar-refractivity contribution >= 4 is 5.97 Å². The van der Waals surface area contributed by atoms with Crippen molar-refractivity contribution in [3.8, 4) is 22.9 Å². The molecule has 0 aliphatic carbocycles. The fourth-order valence-electron chi connectivity index (χ4n) is 1.59. The molecule has 0 amide bonds. The molecule has 8 nitrogen and oxygen atoms in total. The molecule has 0 saturated carbocycles. The first kappa shape index (κ1) is 13.8. The lowest BCUT2D eigenvalue weighted by molar-refractivity contribution is -0.137. The van der Waals surface area contributed by atoms with E-state index in [-0.39, 0.29) is 13.0 Å². The molecule has 0 fully saturated rings. The summed E-state index contributed by atoms with van der Waals surface area (Å²) in [5.74, 6) is 0.696. The Hall–Kier alpha value is -2.64. The lowest BCUT2D eigenvalue weighted by atomic mass is 10.2. The van der Waals surface area contributed by atoms with E-state index in [4.69, 9.17) is 14.6 Å². The fourth-order valence-corrected chi connectivity index (χ4v) is 1.59. The number of carbonyl (C=O) groups is 1. The zero-order valence-electron chi connectivity index (χ0n) is 11.1. The van der Waals surface area contributed by atoms with Gasteiger partial charge in [0, 0.05) is 11.6 Å². The van der Waals surface area contributed by atoms with E-state index in [1.54, 1.807) is 32.4 Å². The molecule has 1 heterocycles. The standard InChI is InChI=1S/C12H14N4O4/c1-19-9-5-8(6-10(7-9)20-2)12-13-15-16(14-12)4-3-11(17)18/h5-7H,3-4H2,1-2H3,(H,17,18). The van der Waals surface area contributed by atoms with Gasteiger partial charge < -0.3 is 14.6 Å². The Kier molecular flexibility index (Phi) is 4.14. The van der Waals surface area contributed by atoms with Crippen LogP contribution >= 0.6 is 0 Å². The predicted molar refractivity (Wildman–Crippen MR) is 68.6 cm³/mol. The summed E-state index contributed by atoms with van der Waals surface area (Å²) >= 11 is 0. The third-order valence-electron chi connectivity index (χ3n) is 2.59. The summed E-state index contributed by atoms with van der Waals surface area (Å²) in [5.41, 5.74) is 0.683. The van der Waals surface area contributed by atoms with E-state index < -0.39 is 5.97 Å². The van der Waals surface area contributed by atoms with Crippen LogP contribution in [0.1, 0.15) is 6.42 Å². The second kappa shape index (κ2) is 6.00. The summed E-state index contributed by atoms with van der Waals surface area (Å²) in [6.45, 7) is 0.170. The first-order valence-electron chi connectivity index (χ1n) is 5.85. The van der Waals surface area contributed by atoms with Gasteiger partial charge in [0.2, 0.25) is 5.82 Å². The molecular formula is C12H14N4O4. The van der Waals surface area contributed by atoms with E-state index in [0.29, 0.717) is 22.9 Å². The molecule has 0 bridgehead atoms. The summed E-state index contributed by atoms with van der Waals surface area (Å²) in [7, 11) is 3.10. The van der Waals surface area contributed by atoms with Gasteiger partial charge in [-0.05, 0) is 17.3 Å². The van der Waals surface area contributed by atoms with Crippen molar-refractivity contribution in [2.75, 3.05) is 14.2 Å². The highest BCUT2D eigenvalue weighted by molar-refractivity contribution is 5.66. The molecule has 106 valence electrons. The molecule has 20 heavy (non-hydrogen) atoms. The number of methoxy groups -OCH3 is 2. The highest BCUT2D eigenvalue weighted by Crippen LogP contribution is 2.27. The Balaban J connectivity index is 2.24. The van der Waals surface area contributed by atoms with E-state index in [1.165, 1.54) is 4.80 Å². The molecule has 1 aromatic carbocycles. The van der Waals surface area contributed by atoms with Crippen LogP contribution in [0.15, 0.2) is 18.2 Å². The van der Waals surface area contributed by atoms with Gasteiger partial charge in [0.25, 0.3) is 0 Å². The normalized spacial score (nSPS) is 10.3. The first-order valence-corrected chi connectivity index (χ1v) is 5.85. The maximum absolute atomic E-state index is 10.5. The Labute approximate surface area is 114 Å². The smallest absolute Gasteiger partial charge is 0.305 e. The zero-order chi connectivity index (χ0) is 14.5. The maximum Gasteiger partial charge on any atom is 0.305 e. The van der Waals surface area contributed by atoms with E-state index in [1.807, 2.05) is 0 Å². The summed E-state index contributed by atoms with van der Waals surface area (Å²) in [4.78, 5) is 11.7. The molecule has 0 radical (unpaired) electrons. The number of ether oxygens (including phenoxy) is 2. The third kappa shape index (κ3) is 3.22. The van der Waals surface area contributed by atoms with Crippen LogP contribution in [-0.2, 0) is 11.3 Å². The molecule has 2 rings (SSSR count). The molecule has 0 unspecified atom stereocenters. The highest BCUT2D eigenvalue weighted by Gasteiger charge is 2.10. The van der Waals surface area contributed by atoms with Crippen LogP contribution in [0.2, 0.25) is 0 Å². The molecule has 0 atom stereocenters. The SMILES string of the molecule is COc1cc(OC)cc(-c2nnn(CCC(=O)O)n2)c1.